The summed E-state index contributed by atoms with van der Waals surface area (Å²) in [6, 6.07) is 0. The van der Waals surface area contributed by atoms with Crippen molar-refractivity contribution in [3.63, 3.8) is 0 Å². The van der Waals surface area contributed by atoms with Crippen LogP contribution in [0.25, 0.3) is 0 Å². The lowest BCUT2D eigenvalue weighted by Crippen LogP contribution is -1.89. The van der Waals surface area contributed by atoms with Crippen molar-refractivity contribution in [2.45, 2.75) is 45.4 Å². The molecule has 0 aliphatic rings. The number of unbranched alkanes of at least 4 members (excludes halogenated alkanes) is 4. The standard InChI is InChI=1S/C11H20N2O/c1-3-12-13-10-8-6-4-5-7-9-11(2)14/h3H,1,4-10H2,2H3. The van der Waals surface area contributed by atoms with Crippen molar-refractivity contribution in [3.8, 4) is 0 Å². The Morgan fingerprint density at radius 3 is 2.50 bits per heavy atom. The molecular formula is C11H20N2O. The molecule has 80 valence electrons. The van der Waals surface area contributed by atoms with Gasteiger partial charge in [-0.15, -0.1) is 0 Å². The highest BCUT2D eigenvalue weighted by atomic mass is 16.1. The van der Waals surface area contributed by atoms with E-state index in [1.54, 1.807) is 6.92 Å². The maximum Gasteiger partial charge on any atom is 0.129 e. The van der Waals surface area contributed by atoms with Gasteiger partial charge in [0.2, 0.25) is 0 Å². The third kappa shape index (κ3) is 11.0. The van der Waals surface area contributed by atoms with E-state index in [0.29, 0.717) is 5.78 Å². The number of nitrogens with zero attached hydrogens (tertiary/aromatic N) is 2. The minimum absolute atomic E-state index is 0.296. The topological polar surface area (TPSA) is 41.8 Å². The van der Waals surface area contributed by atoms with Crippen molar-refractivity contribution < 1.29 is 4.79 Å². The summed E-state index contributed by atoms with van der Waals surface area (Å²) in [5.74, 6) is 0.296. The highest BCUT2D eigenvalue weighted by molar-refractivity contribution is 5.75. The summed E-state index contributed by atoms with van der Waals surface area (Å²) < 4.78 is 0. The zero-order valence-corrected chi connectivity index (χ0v) is 9.04. The molecule has 0 spiro atoms. The average Bonchev–Trinajstić information content (AvgIpc) is 2.15. The van der Waals surface area contributed by atoms with Crippen molar-refractivity contribution in [1.29, 1.82) is 0 Å². The second kappa shape index (κ2) is 10.1. The SMILES string of the molecule is C=CN=NCCCCCCCC(C)=O. The molecule has 0 heterocycles. The van der Waals surface area contributed by atoms with Crippen LogP contribution in [-0.2, 0) is 4.79 Å². The highest BCUT2D eigenvalue weighted by Crippen LogP contribution is 2.05. The van der Waals surface area contributed by atoms with Gasteiger partial charge in [0.1, 0.15) is 5.78 Å². The Morgan fingerprint density at radius 2 is 1.86 bits per heavy atom. The molecule has 3 heteroatoms. The number of rotatable bonds is 9. The van der Waals surface area contributed by atoms with Gasteiger partial charge in [-0.1, -0.05) is 25.8 Å². The third-order valence-corrected chi connectivity index (χ3v) is 1.95. The van der Waals surface area contributed by atoms with Crippen LogP contribution >= 0.6 is 0 Å². The first-order valence-corrected chi connectivity index (χ1v) is 5.24. The molecule has 0 rings (SSSR count). The van der Waals surface area contributed by atoms with Crippen molar-refractivity contribution in [2.24, 2.45) is 10.2 Å². The second-order valence-corrected chi connectivity index (χ2v) is 3.38. The lowest BCUT2D eigenvalue weighted by atomic mass is 10.1. The van der Waals surface area contributed by atoms with Gasteiger partial charge in [0.15, 0.2) is 0 Å². The number of hydrogen-bond donors (Lipinski definition) is 0. The monoisotopic (exact) mass is 196 g/mol. The molecule has 0 aromatic heterocycles. The Bertz CT molecular complexity index is 188. The quantitative estimate of drug-likeness (QED) is 0.411. The minimum atomic E-state index is 0.296. The number of carbonyl (C=O) groups excluding carboxylic acids is 1. The highest BCUT2D eigenvalue weighted by Gasteiger charge is 1.93. The van der Waals surface area contributed by atoms with Gasteiger partial charge in [-0.05, 0) is 19.8 Å². The number of carbonyl (C=O) groups is 1. The number of azo groups is 1. The van der Waals surface area contributed by atoms with E-state index >= 15 is 0 Å². The first-order chi connectivity index (χ1) is 6.77. The Labute approximate surface area is 86.3 Å². The molecule has 0 atom stereocenters. The van der Waals surface area contributed by atoms with Crippen molar-refractivity contribution in [2.75, 3.05) is 6.54 Å². The maximum atomic E-state index is 10.6. The molecule has 0 amide bonds. The van der Waals surface area contributed by atoms with E-state index in [4.69, 9.17) is 0 Å². The third-order valence-electron chi connectivity index (χ3n) is 1.95. The molecule has 0 bridgehead atoms. The molecule has 0 saturated carbocycles. The Kier molecular flexibility index (Phi) is 9.38. The molecule has 0 unspecified atom stereocenters. The first kappa shape index (κ1) is 13.0. The van der Waals surface area contributed by atoms with Gasteiger partial charge in [-0.3, -0.25) is 0 Å². The zero-order valence-electron chi connectivity index (χ0n) is 9.04. The molecule has 0 aliphatic heterocycles. The van der Waals surface area contributed by atoms with E-state index in [0.717, 1.165) is 32.2 Å². The smallest absolute Gasteiger partial charge is 0.129 e. The Hall–Kier alpha value is -0.990. The summed E-state index contributed by atoms with van der Waals surface area (Å²) in [4.78, 5) is 10.6. The van der Waals surface area contributed by atoms with E-state index in [2.05, 4.69) is 16.8 Å². The van der Waals surface area contributed by atoms with Gasteiger partial charge in [0.25, 0.3) is 0 Å². The van der Waals surface area contributed by atoms with Gasteiger partial charge in [0, 0.05) is 12.6 Å². The number of hydrogen-bond acceptors (Lipinski definition) is 3. The lowest BCUT2D eigenvalue weighted by Gasteiger charge is -1.97. The zero-order chi connectivity index (χ0) is 10.6. The molecule has 0 aromatic rings. The van der Waals surface area contributed by atoms with Crippen LogP contribution in [0.2, 0.25) is 0 Å². The van der Waals surface area contributed by atoms with Gasteiger partial charge in [-0.25, -0.2) is 0 Å². The number of ketones is 1. The van der Waals surface area contributed by atoms with E-state index in [-0.39, 0.29) is 0 Å². The van der Waals surface area contributed by atoms with Crippen LogP contribution < -0.4 is 0 Å². The largest absolute Gasteiger partial charge is 0.300 e. The first-order valence-electron chi connectivity index (χ1n) is 5.24. The summed E-state index contributed by atoms with van der Waals surface area (Å²) >= 11 is 0. The van der Waals surface area contributed by atoms with Crippen LogP contribution in [0, 0.1) is 0 Å². The van der Waals surface area contributed by atoms with Gasteiger partial charge < -0.3 is 4.79 Å². The predicted molar refractivity (Wildman–Crippen MR) is 58.3 cm³/mol. The van der Waals surface area contributed by atoms with Crippen molar-refractivity contribution >= 4 is 5.78 Å². The summed E-state index contributed by atoms with van der Waals surface area (Å²) in [6.45, 7) is 5.88. The maximum absolute atomic E-state index is 10.6. The van der Waals surface area contributed by atoms with Crippen molar-refractivity contribution in [3.05, 3.63) is 12.8 Å². The minimum Gasteiger partial charge on any atom is -0.300 e. The van der Waals surface area contributed by atoms with E-state index in [9.17, 15) is 4.79 Å². The fourth-order valence-corrected chi connectivity index (χ4v) is 1.20. The van der Waals surface area contributed by atoms with Gasteiger partial charge in [-0.2, -0.15) is 10.2 Å². The fraction of sp³-hybridized carbons (Fsp3) is 0.727. The molecule has 3 nitrogen and oxygen atoms in total. The molecule has 0 fully saturated rings. The van der Waals surface area contributed by atoms with Gasteiger partial charge in [0.05, 0.1) is 6.54 Å². The van der Waals surface area contributed by atoms with Crippen LogP contribution in [0.4, 0.5) is 0 Å². The molecule has 14 heavy (non-hydrogen) atoms. The molecule has 0 aromatic carbocycles. The van der Waals surface area contributed by atoms with E-state index < -0.39 is 0 Å². The molecule has 0 saturated heterocycles. The Balaban J connectivity index is 3.02. The van der Waals surface area contributed by atoms with Crippen molar-refractivity contribution in [1.82, 2.24) is 0 Å². The van der Waals surface area contributed by atoms with Crippen LogP contribution in [0.1, 0.15) is 45.4 Å². The van der Waals surface area contributed by atoms with Crippen LogP contribution in [0.3, 0.4) is 0 Å². The van der Waals surface area contributed by atoms with E-state index in [1.807, 2.05) is 0 Å². The molecule has 0 N–H and O–H groups in total. The Morgan fingerprint density at radius 1 is 1.21 bits per heavy atom. The summed E-state index contributed by atoms with van der Waals surface area (Å²) in [6.07, 6.45) is 7.81. The predicted octanol–water partition coefficient (Wildman–Crippen LogP) is 3.51. The number of Topliss-reactive ketones (excluding diaryl/α,β-unsaturated/α-hetero) is 1. The average molecular weight is 196 g/mol. The van der Waals surface area contributed by atoms with Crippen LogP contribution in [0.5, 0.6) is 0 Å². The molecule has 0 radical (unpaired) electrons. The lowest BCUT2D eigenvalue weighted by molar-refractivity contribution is -0.117. The van der Waals surface area contributed by atoms with Gasteiger partial charge >= 0.3 is 0 Å². The summed E-state index contributed by atoms with van der Waals surface area (Å²) in [5.41, 5.74) is 0. The second-order valence-electron chi connectivity index (χ2n) is 3.38. The summed E-state index contributed by atoms with van der Waals surface area (Å²) in [7, 11) is 0. The van der Waals surface area contributed by atoms with Crippen LogP contribution in [-0.4, -0.2) is 12.3 Å². The molecular weight excluding hydrogens is 176 g/mol. The van der Waals surface area contributed by atoms with E-state index in [1.165, 1.54) is 19.0 Å². The fourth-order valence-electron chi connectivity index (χ4n) is 1.20. The van der Waals surface area contributed by atoms with Crippen LogP contribution in [0.15, 0.2) is 23.0 Å². The molecule has 0 aliphatic carbocycles. The summed E-state index contributed by atoms with van der Waals surface area (Å²) in [5, 5.41) is 7.56. The normalized spacial score (nSPS) is 10.6.